The first-order valence-electron chi connectivity index (χ1n) is 6.79. The van der Waals surface area contributed by atoms with Crippen molar-refractivity contribution in [1.29, 1.82) is 0 Å². The van der Waals surface area contributed by atoms with Crippen molar-refractivity contribution in [3.8, 4) is 0 Å². The largest absolute Gasteiger partial charge is 0.405 e. The van der Waals surface area contributed by atoms with Gasteiger partial charge < -0.3 is 10.6 Å². The number of alkyl halides is 3. The Morgan fingerprint density at radius 2 is 2.09 bits per heavy atom. The third kappa shape index (κ3) is 4.65. The van der Waals surface area contributed by atoms with Crippen LogP contribution >= 0.6 is 15.9 Å². The van der Waals surface area contributed by atoms with Gasteiger partial charge in [-0.25, -0.2) is 4.98 Å². The molecule has 122 valence electrons. The minimum Gasteiger partial charge on any atom is -0.349 e. The molecule has 5 nitrogen and oxygen atoms in total. The van der Waals surface area contributed by atoms with Crippen LogP contribution in [-0.2, 0) is 0 Å². The number of nitrogens with one attached hydrogen (secondary N) is 2. The van der Waals surface area contributed by atoms with Crippen LogP contribution in [0.25, 0.3) is 0 Å². The van der Waals surface area contributed by atoms with E-state index in [4.69, 9.17) is 0 Å². The lowest BCUT2D eigenvalue weighted by Gasteiger charge is -2.35. The second kappa shape index (κ2) is 7.38. The monoisotopic (exact) mass is 380 g/mol. The molecule has 1 aromatic rings. The lowest BCUT2D eigenvalue weighted by atomic mass is 10.2. The number of carbonyl (C=O) groups is 1. The highest BCUT2D eigenvalue weighted by Crippen LogP contribution is 2.24. The van der Waals surface area contributed by atoms with Gasteiger partial charge in [0.15, 0.2) is 0 Å². The van der Waals surface area contributed by atoms with Gasteiger partial charge in [0.25, 0.3) is 5.91 Å². The zero-order chi connectivity index (χ0) is 16.2. The Morgan fingerprint density at radius 3 is 2.64 bits per heavy atom. The molecule has 0 spiro atoms. The smallest absolute Gasteiger partial charge is 0.349 e. The van der Waals surface area contributed by atoms with Crippen molar-refractivity contribution in [2.24, 2.45) is 0 Å². The quantitative estimate of drug-likeness (QED) is 0.829. The van der Waals surface area contributed by atoms with Gasteiger partial charge in [-0.3, -0.25) is 9.69 Å². The Morgan fingerprint density at radius 1 is 1.41 bits per heavy atom. The van der Waals surface area contributed by atoms with Gasteiger partial charge in [-0.15, -0.1) is 0 Å². The zero-order valence-corrected chi connectivity index (χ0v) is 13.2. The number of halogens is 4. The Balaban J connectivity index is 1.98. The van der Waals surface area contributed by atoms with E-state index in [1.807, 2.05) is 0 Å². The summed E-state index contributed by atoms with van der Waals surface area (Å²) in [6.45, 7) is 1.14. The van der Waals surface area contributed by atoms with E-state index in [-0.39, 0.29) is 5.69 Å². The number of piperazine rings is 1. The van der Waals surface area contributed by atoms with Crippen molar-refractivity contribution in [2.45, 2.75) is 12.2 Å². The van der Waals surface area contributed by atoms with Gasteiger partial charge >= 0.3 is 6.18 Å². The highest BCUT2D eigenvalue weighted by atomic mass is 79.9. The molecule has 1 atom stereocenters. The normalized spacial score (nSPS) is 18.0. The third-order valence-corrected chi connectivity index (χ3v) is 3.86. The van der Waals surface area contributed by atoms with Gasteiger partial charge in [-0.2, -0.15) is 13.2 Å². The van der Waals surface area contributed by atoms with E-state index in [9.17, 15) is 18.0 Å². The zero-order valence-electron chi connectivity index (χ0n) is 11.7. The summed E-state index contributed by atoms with van der Waals surface area (Å²) in [5, 5.41) is 5.33. The molecule has 1 aliphatic rings. The summed E-state index contributed by atoms with van der Waals surface area (Å²) in [6.07, 6.45) is -2.97. The topological polar surface area (TPSA) is 57.3 Å². The van der Waals surface area contributed by atoms with Gasteiger partial charge in [0, 0.05) is 43.4 Å². The maximum absolute atomic E-state index is 13.2. The van der Waals surface area contributed by atoms with Crippen molar-refractivity contribution in [3.05, 3.63) is 28.5 Å². The second-order valence-electron chi connectivity index (χ2n) is 4.92. The van der Waals surface area contributed by atoms with Crippen LogP contribution in [0.4, 0.5) is 13.2 Å². The summed E-state index contributed by atoms with van der Waals surface area (Å²) in [5.41, 5.74) is 0.0874. The molecule has 0 aliphatic carbocycles. The SMILES string of the molecule is O=C(NCC(N1CCNCC1)C(F)(F)F)c1ccc(Br)cn1. The van der Waals surface area contributed by atoms with E-state index < -0.39 is 24.7 Å². The first-order chi connectivity index (χ1) is 10.4. The molecule has 22 heavy (non-hydrogen) atoms. The molecule has 1 saturated heterocycles. The predicted molar refractivity (Wildman–Crippen MR) is 78.6 cm³/mol. The number of nitrogens with zero attached hydrogens (tertiary/aromatic N) is 2. The molecule has 2 N–H and O–H groups in total. The highest BCUT2D eigenvalue weighted by Gasteiger charge is 2.43. The first kappa shape index (κ1) is 17.2. The standard InChI is InChI=1S/C13H16BrF3N4O/c14-9-1-2-10(19-7-9)12(22)20-8-11(13(15,16)17)21-5-3-18-4-6-21/h1-2,7,11,18H,3-6,8H2,(H,20,22). The third-order valence-electron chi connectivity index (χ3n) is 3.39. The van der Waals surface area contributed by atoms with Crippen molar-refractivity contribution in [3.63, 3.8) is 0 Å². The van der Waals surface area contributed by atoms with E-state index in [0.717, 1.165) is 0 Å². The fraction of sp³-hybridized carbons (Fsp3) is 0.538. The maximum Gasteiger partial charge on any atom is 0.405 e. The van der Waals surface area contributed by atoms with Crippen LogP contribution in [0.5, 0.6) is 0 Å². The van der Waals surface area contributed by atoms with Crippen LogP contribution in [0.15, 0.2) is 22.8 Å². The molecule has 0 radical (unpaired) electrons. The summed E-state index contributed by atoms with van der Waals surface area (Å²) in [6, 6.07) is 1.38. The number of rotatable bonds is 4. The number of hydrogen-bond donors (Lipinski definition) is 2. The summed E-state index contributed by atoms with van der Waals surface area (Å²) >= 11 is 3.18. The molecule has 1 unspecified atom stereocenters. The van der Waals surface area contributed by atoms with E-state index in [1.54, 1.807) is 6.07 Å². The number of pyridine rings is 1. The van der Waals surface area contributed by atoms with Crippen molar-refractivity contribution < 1.29 is 18.0 Å². The minimum atomic E-state index is -4.39. The second-order valence-corrected chi connectivity index (χ2v) is 5.83. The van der Waals surface area contributed by atoms with E-state index >= 15 is 0 Å². The average Bonchev–Trinajstić information content (AvgIpc) is 2.47. The van der Waals surface area contributed by atoms with Gasteiger partial charge in [0.1, 0.15) is 11.7 Å². The van der Waals surface area contributed by atoms with Crippen LogP contribution in [0.3, 0.4) is 0 Å². The summed E-state index contributed by atoms with van der Waals surface area (Å²) in [4.78, 5) is 17.1. The molecule has 1 amide bonds. The fourth-order valence-corrected chi connectivity index (χ4v) is 2.47. The molecular weight excluding hydrogens is 365 g/mol. The number of hydrogen-bond acceptors (Lipinski definition) is 4. The van der Waals surface area contributed by atoms with E-state index in [0.29, 0.717) is 30.7 Å². The molecule has 0 bridgehead atoms. The van der Waals surface area contributed by atoms with Crippen molar-refractivity contribution in [1.82, 2.24) is 20.5 Å². The van der Waals surface area contributed by atoms with Gasteiger partial charge in [-0.1, -0.05) is 0 Å². The molecule has 1 fully saturated rings. The van der Waals surface area contributed by atoms with Crippen LogP contribution in [0.2, 0.25) is 0 Å². The van der Waals surface area contributed by atoms with Crippen LogP contribution in [0, 0.1) is 0 Å². The van der Waals surface area contributed by atoms with Crippen LogP contribution in [-0.4, -0.2) is 60.7 Å². The lowest BCUT2D eigenvalue weighted by Crippen LogP contribution is -2.57. The molecule has 1 aromatic heterocycles. The van der Waals surface area contributed by atoms with Crippen molar-refractivity contribution in [2.75, 3.05) is 32.7 Å². The summed E-state index contributed by atoms with van der Waals surface area (Å²) in [5.74, 6) is -0.614. The lowest BCUT2D eigenvalue weighted by molar-refractivity contribution is -0.183. The Kier molecular flexibility index (Phi) is 5.76. The number of aromatic nitrogens is 1. The highest BCUT2D eigenvalue weighted by molar-refractivity contribution is 9.10. The van der Waals surface area contributed by atoms with Crippen LogP contribution < -0.4 is 10.6 Å². The summed E-state index contributed by atoms with van der Waals surface area (Å²) in [7, 11) is 0. The molecule has 1 aliphatic heterocycles. The predicted octanol–water partition coefficient (Wildman–Crippen LogP) is 1.41. The average molecular weight is 381 g/mol. The Bertz CT molecular complexity index is 503. The van der Waals surface area contributed by atoms with Gasteiger partial charge in [0.2, 0.25) is 0 Å². The summed E-state index contributed by atoms with van der Waals surface area (Å²) < 4.78 is 40.2. The molecule has 2 rings (SSSR count). The number of amides is 1. The molecule has 0 saturated carbocycles. The molecule has 2 heterocycles. The molecular formula is C13H16BrF3N4O. The fourth-order valence-electron chi connectivity index (χ4n) is 2.24. The maximum atomic E-state index is 13.2. The van der Waals surface area contributed by atoms with E-state index in [1.165, 1.54) is 17.2 Å². The van der Waals surface area contributed by atoms with Gasteiger partial charge in [0.05, 0.1) is 0 Å². The number of carbonyl (C=O) groups excluding carboxylic acids is 1. The molecule has 9 heteroatoms. The van der Waals surface area contributed by atoms with Gasteiger partial charge in [-0.05, 0) is 28.1 Å². The molecule has 0 aromatic carbocycles. The Labute approximate surface area is 134 Å². The Hall–Kier alpha value is -1.19. The minimum absolute atomic E-state index is 0.0874. The van der Waals surface area contributed by atoms with Crippen molar-refractivity contribution >= 4 is 21.8 Å². The first-order valence-corrected chi connectivity index (χ1v) is 7.58. The van der Waals surface area contributed by atoms with E-state index in [2.05, 4.69) is 31.5 Å². The van der Waals surface area contributed by atoms with Crippen LogP contribution in [0.1, 0.15) is 10.5 Å².